The zero-order chi connectivity index (χ0) is 15.4. The van der Waals surface area contributed by atoms with E-state index < -0.39 is 0 Å². The van der Waals surface area contributed by atoms with Gasteiger partial charge in [-0.1, -0.05) is 6.92 Å². The highest BCUT2D eigenvalue weighted by Gasteiger charge is 2.23. The minimum Gasteiger partial charge on any atom is -0.345 e. The van der Waals surface area contributed by atoms with Crippen LogP contribution in [0.3, 0.4) is 0 Å². The van der Waals surface area contributed by atoms with Crippen LogP contribution >= 0.6 is 23.1 Å². The molecule has 0 radical (unpaired) electrons. The van der Waals surface area contributed by atoms with Gasteiger partial charge in [0.15, 0.2) is 5.13 Å². The SMILES string of the molecule is CS[C@H](C)CNC(=O)N1CCN(c2nc(C)c(C)s2)CC1. The lowest BCUT2D eigenvalue weighted by Gasteiger charge is -2.34. The van der Waals surface area contributed by atoms with Crippen LogP contribution in [0.25, 0.3) is 0 Å². The van der Waals surface area contributed by atoms with Gasteiger partial charge >= 0.3 is 6.03 Å². The molecule has 1 aliphatic heterocycles. The van der Waals surface area contributed by atoms with Crippen LogP contribution in [0.5, 0.6) is 0 Å². The van der Waals surface area contributed by atoms with Crippen molar-refractivity contribution in [2.24, 2.45) is 0 Å². The maximum Gasteiger partial charge on any atom is 0.317 e. The number of aromatic nitrogens is 1. The van der Waals surface area contributed by atoms with Gasteiger partial charge in [0.1, 0.15) is 0 Å². The lowest BCUT2D eigenvalue weighted by Crippen LogP contribution is -2.52. The molecule has 1 atom stereocenters. The van der Waals surface area contributed by atoms with E-state index in [-0.39, 0.29) is 6.03 Å². The van der Waals surface area contributed by atoms with Crippen LogP contribution in [0.15, 0.2) is 0 Å². The third-order valence-electron chi connectivity index (χ3n) is 3.80. The molecule has 1 aromatic rings. The number of nitrogens with one attached hydrogen (secondary N) is 1. The first kappa shape index (κ1) is 16.4. The first-order valence-electron chi connectivity index (χ1n) is 7.25. The number of aryl methyl sites for hydroxylation is 2. The molecular formula is C14H24N4OS2. The Kier molecular flexibility index (Phi) is 5.75. The molecular weight excluding hydrogens is 304 g/mol. The average molecular weight is 329 g/mol. The number of rotatable bonds is 4. The summed E-state index contributed by atoms with van der Waals surface area (Å²) in [6.45, 7) is 10.2. The van der Waals surface area contributed by atoms with Gasteiger partial charge in [0, 0.05) is 42.9 Å². The molecule has 21 heavy (non-hydrogen) atoms. The molecule has 5 nitrogen and oxygen atoms in total. The number of carbonyl (C=O) groups excluding carboxylic acids is 1. The van der Waals surface area contributed by atoms with Gasteiger partial charge in [-0.25, -0.2) is 9.78 Å². The third kappa shape index (κ3) is 4.26. The van der Waals surface area contributed by atoms with Crippen LogP contribution in [0.4, 0.5) is 9.93 Å². The van der Waals surface area contributed by atoms with E-state index in [1.165, 1.54) is 4.88 Å². The zero-order valence-corrected chi connectivity index (χ0v) is 14.8. The van der Waals surface area contributed by atoms with Gasteiger partial charge in [-0.3, -0.25) is 0 Å². The third-order valence-corrected chi connectivity index (χ3v) is 5.90. The molecule has 0 aromatic carbocycles. The number of thioether (sulfide) groups is 1. The minimum absolute atomic E-state index is 0.0575. The molecule has 1 N–H and O–H groups in total. The van der Waals surface area contributed by atoms with Crippen molar-refractivity contribution in [1.29, 1.82) is 0 Å². The highest BCUT2D eigenvalue weighted by Crippen LogP contribution is 2.25. The van der Waals surface area contributed by atoms with Crippen LogP contribution in [0, 0.1) is 13.8 Å². The topological polar surface area (TPSA) is 48.5 Å². The molecule has 0 bridgehead atoms. The van der Waals surface area contributed by atoms with Crippen molar-refractivity contribution in [2.45, 2.75) is 26.0 Å². The fourth-order valence-electron chi connectivity index (χ4n) is 2.12. The van der Waals surface area contributed by atoms with Crippen LogP contribution in [-0.2, 0) is 0 Å². The monoisotopic (exact) mass is 328 g/mol. The van der Waals surface area contributed by atoms with E-state index in [1.807, 2.05) is 11.8 Å². The fourth-order valence-corrected chi connectivity index (χ4v) is 3.33. The van der Waals surface area contributed by atoms with Crippen molar-refractivity contribution in [3.05, 3.63) is 10.6 Å². The Morgan fingerprint density at radius 1 is 1.38 bits per heavy atom. The second-order valence-electron chi connectivity index (χ2n) is 5.34. The number of hydrogen-bond acceptors (Lipinski definition) is 5. The molecule has 0 saturated carbocycles. The average Bonchev–Trinajstić information content (AvgIpc) is 2.84. The highest BCUT2D eigenvalue weighted by molar-refractivity contribution is 7.99. The van der Waals surface area contributed by atoms with Crippen molar-refractivity contribution in [3.8, 4) is 0 Å². The second kappa shape index (κ2) is 7.35. The van der Waals surface area contributed by atoms with Gasteiger partial charge < -0.3 is 15.1 Å². The van der Waals surface area contributed by atoms with Crippen molar-refractivity contribution in [2.75, 3.05) is 43.9 Å². The Labute approximate surface area is 135 Å². The van der Waals surface area contributed by atoms with E-state index in [4.69, 9.17) is 0 Å². The maximum absolute atomic E-state index is 12.1. The van der Waals surface area contributed by atoms with E-state index in [2.05, 4.69) is 35.3 Å². The molecule has 2 rings (SSSR count). The number of piperazine rings is 1. The number of carbonyl (C=O) groups is 1. The summed E-state index contributed by atoms with van der Waals surface area (Å²) in [7, 11) is 0. The van der Waals surface area contributed by atoms with Gasteiger partial charge in [-0.2, -0.15) is 11.8 Å². The standard InChI is InChI=1S/C14H24N4OS2/c1-10(20-4)9-15-13(19)17-5-7-18(8-6-17)14-16-11(2)12(3)21-14/h10H,5-9H2,1-4H3,(H,15,19)/t10-/m1/s1. The highest BCUT2D eigenvalue weighted by atomic mass is 32.2. The van der Waals surface area contributed by atoms with Crippen molar-refractivity contribution in [1.82, 2.24) is 15.2 Å². The Morgan fingerprint density at radius 3 is 2.57 bits per heavy atom. The number of hydrogen-bond donors (Lipinski definition) is 1. The first-order chi connectivity index (χ1) is 10.0. The molecule has 2 heterocycles. The van der Waals surface area contributed by atoms with Crippen LogP contribution in [0.1, 0.15) is 17.5 Å². The van der Waals surface area contributed by atoms with Crippen LogP contribution in [-0.4, -0.2) is 60.1 Å². The van der Waals surface area contributed by atoms with Gasteiger partial charge in [-0.05, 0) is 20.1 Å². The van der Waals surface area contributed by atoms with Crippen molar-refractivity contribution in [3.63, 3.8) is 0 Å². The van der Waals surface area contributed by atoms with Crippen LogP contribution in [0.2, 0.25) is 0 Å². The molecule has 1 saturated heterocycles. The van der Waals surface area contributed by atoms with Crippen LogP contribution < -0.4 is 10.2 Å². The van der Waals surface area contributed by atoms with Gasteiger partial charge in [0.05, 0.1) is 5.69 Å². The van der Waals surface area contributed by atoms with Gasteiger partial charge in [-0.15, -0.1) is 11.3 Å². The van der Waals surface area contributed by atoms with Gasteiger partial charge in [0.2, 0.25) is 0 Å². The lowest BCUT2D eigenvalue weighted by molar-refractivity contribution is 0.194. The molecule has 1 aliphatic rings. The number of anilines is 1. The maximum atomic E-state index is 12.1. The lowest BCUT2D eigenvalue weighted by atomic mass is 10.3. The Morgan fingerprint density at radius 2 is 2.05 bits per heavy atom. The molecule has 7 heteroatoms. The molecule has 2 amide bonds. The minimum atomic E-state index is 0.0575. The molecule has 0 unspecified atom stereocenters. The Hall–Kier alpha value is -0.950. The number of thiazole rings is 1. The zero-order valence-electron chi connectivity index (χ0n) is 13.2. The largest absolute Gasteiger partial charge is 0.345 e. The molecule has 1 fully saturated rings. The van der Waals surface area contributed by atoms with Crippen molar-refractivity contribution < 1.29 is 4.79 Å². The summed E-state index contributed by atoms with van der Waals surface area (Å²) in [5.41, 5.74) is 1.11. The molecule has 1 aromatic heterocycles. The fraction of sp³-hybridized carbons (Fsp3) is 0.714. The van der Waals surface area contributed by atoms with E-state index in [9.17, 15) is 4.79 Å². The summed E-state index contributed by atoms with van der Waals surface area (Å²) in [4.78, 5) is 22.1. The molecule has 0 spiro atoms. The number of nitrogens with zero attached hydrogens (tertiary/aromatic N) is 3. The Balaban J connectivity index is 1.81. The summed E-state index contributed by atoms with van der Waals surface area (Å²) in [6, 6.07) is 0.0575. The smallest absolute Gasteiger partial charge is 0.317 e. The number of amides is 2. The first-order valence-corrected chi connectivity index (χ1v) is 9.36. The summed E-state index contributed by atoms with van der Waals surface area (Å²) >= 11 is 3.51. The van der Waals surface area contributed by atoms with E-state index in [0.717, 1.165) is 43.5 Å². The summed E-state index contributed by atoms with van der Waals surface area (Å²) in [6.07, 6.45) is 2.06. The van der Waals surface area contributed by atoms with E-state index in [0.29, 0.717) is 5.25 Å². The summed E-state index contributed by atoms with van der Waals surface area (Å²) in [5.74, 6) is 0. The quantitative estimate of drug-likeness (QED) is 0.922. The summed E-state index contributed by atoms with van der Waals surface area (Å²) in [5, 5.41) is 4.54. The number of urea groups is 1. The molecule has 0 aliphatic carbocycles. The second-order valence-corrected chi connectivity index (χ2v) is 7.80. The van der Waals surface area contributed by atoms with E-state index >= 15 is 0 Å². The van der Waals surface area contributed by atoms with E-state index in [1.54, 1.807) is 23.1 Å². The predicted octanol–water partition coefficient (Wildman–Crippen LogP) is 2.34. The summed E-state index contributed by atoms with van der Waals surface area (Å²) < 4.78 is 0. The molecule has 118 valence electrons. The predicted molar refractivity (Wildman–Crippen MR) is 91.7 cm³/mol. The van der Waals surface area contributed by atoms with Crippen molar-refractivity contribution >= 4 is 34.3 Å². The normalized spacial score (nSPS) is 17.0. The Bertz CT molecular complexity index is 464. The van der Waals surface area contributed by atoms with Gasteiger partial charge in [0.25, 0.3) is 0 Å².